The molecule has 1 fully saturated rings. The molecule has 1 aromatic carbocycles. The van der Waals surface area contributed by atoms with E-state index >= 15 is 0 Å². The Morgan fingerprint density at radius 2 is 2.04 bits per heavy atom. The highest BCUT2D eigenvalue weighted by Gasteiger charge is 2.23. The van der Waals surface area contributed by atoms with Gasteiger partial charge in [-0.25, -0.2) is 9.18 Å². The van der Waals surface area contributed by atoms with E-state index in [0.717, 1.165) is 31.5 Å². The number of carbonyl (C=O) groups is 1. The number of hydrogen-bond acceptors (Lipinski definition) is 3. The average molecular weight is 342 g/mol. The predicted molar refractivity (Wildman–Crippen MR) is 95.9 cm³/mol. The Labute approximate surface area is 147 Å². The molecule has 5 nitrogen and oxygen atoms in total. The van der Waals surface area contributed by atoms with E-state index in [0.29, 0.717) is 12.2 Å². The van der Waals surface area contributed by atoms with E-state index in [9.17, 15) is 9.18 Å². The molecule has 0 aliphatic carbocycles. The third kappa shape index (κ3) is 4.47. The topological polar surface area (TPSA) is 48.5 Å². The zero-order valence-corrected chi connectivity index (χ0v) is 14.4. The van der Waals surface area contributed by atoms with Gasteiger partial charge >= 0.3 is 6.03 Å². The van der Waals surface area contributed by atoms with Crippen molar-refractivity contribution in [2.45, 2.75) is 25.4 Å². The number of nitrogens with zero attached hydrogens (tertiary/aromatic N) is 3. The van der Waals surface area contributed by atoms with Crippen LogP contribution in [0.4, 0.5) is 14.9 Å². The fraction of sp³-hybridized carbons (Fsp3) is 0.368. The molecule has 1 aliphatic heterocycles. The normalized spacial score (nSPS) is 15.0. The van der Waals surface area contributed by atoms with Gasteiger partial charge in [-0.2, -0.15) is 0 Å². The van der Waals surface area contributed by atoms with Crippen LogP contribution in [0.2, 0.25) is 0 Å². The number of urea groups is 1. The Morgan fingerprint density at radius 1 is 1.28 bits per heavy atom. The van der Waals surface area contributed by atoms with Gasteiger partial charge in [0, 0.05) is 45.1 Å². The van der Waals surface area contributed by atoms with Crippen molar-refractivity contribution in [3.63, 3.8) is 0 Å². The minimum atomic E-state index is -0.193. The maximum Gasteiger partial charge on any atom is 0.317 e. The molecule has 132 valence electrons. The van der Waals surface area contributed by atoms with E-state index in [2.05, 4.69) is 10.3 Å². The molecule has 2 heterocycles. The van der Waals surface area contributed by atoms with Gasteiger partial charge in [0.2, 0.25) is 0 Å². The van der Waals surface area contributed by atoms with Crippen LogP contribution in [-0.4, -0.2) is 42.1 Å². The van der Waals surface area contributed by atoms with Crippen molar-refractivity contribution in [2.75, 3.05) is 25.0 Å². The molecule has 1 aromatic heterocycles. The monoisotopic (exact) mass is 342 g/mol. The first-order valence-corrected chi connectivity index (χ1v) is 8.53. The van der Waals surface area contributed by atoms with Crippen molar-refractivity contribution in [1.82, 2.24) is 15.2 Å². The summed E-state index contributed by atoms with van der Waals surface area (Å²) in [5.41, 5.74) is 1.63. The van der Waals surface area contributed by atoms with E-state index < -0.39 is 0 Å². The van der Waals surface area contributed by atoms with E-state index in [-0.39, 0.29) is 17.9 Å². The first-order valence-electron chi connectivity index (χ1n) is 8.53. The summed E-state index contributed by atoms with van der Waals surface area (Å²) in [7, 11) is 1.77. The summed E-state index contributed by atoms with van der Waals surface area (Å²) >= 11 is 0. The number of anilines is 1. The van der Waals surface area contributed by atoms with Crippen LogP contribution in [-0.2, 0) is 6.54 Å². The van der Waals surface area contributed by atoms with Crippen molar-refractivity contribution in [1.29, 1.82) is 0 Å². The van der Waals surface area contributed by atoms with Crippen LogP contribution < -0.4 is 10.2 Å². The number of amides is 2. The van der Waals surface area contributed by atoms with Crippen molar-refractivity contribution in [3.05, 3.63) is 60.2 Å². The smallest absolute Gasteiger partial charge is 0.317 e. The summed E-state index contributed by atoms with van der Waals surface area (Å²) in [6.45, 7) is 1.99. The molecule has 0 spiro atoms. The number of aromatic nitrogens is 1. The second-order valence-corrected chi connectivity index (χ2v) is 6.38. The van der Waals surface area contributed by atoms with Gasteiger partial charge in [-0.05, 0) is 36.6 Å². The van der Waals surface area contributed by atoms with E-state index in [1.54, 1.807) is 36.5 Å². The molecule has 25 heavy (non-hydrogen) atoms. The summed E-state index contributed by atoms with van der Waals surface area (Å²) in [4.78, 5) is 20.1. The number of para-hydroxylation sites is 1. The van der Waals surface area contributed by atoms with Crippen LogP contribution >= 0.6 is 0 Å². The molecule has 3 rings (SSSR count). The Hall–Kier alpha value is -2.63. The molecule has 2 aromatic rings. The SMILES string of the molecule is CN(Cc1cccnc1)C(=O)NC1CCN(c2ccccc2F)CC1. The molecule has 0 atom stereocenters. The fourth-order valence-electron chi connectivity index (χ4n) is 3.10. The number of rotatable bonds is 4. The molecular weight excluding hydrogens is 319 g/mol. The van der Waals surface area contributed by atoms with Crippen LogP contribution in [0.25, 0.3) is 0 Å². The maximum atomic E-state index is 13.9. The number of nitrogens with one attached hydrogen (secondary N) is 1. The quantitative estimate of drug-likeness (QED) is 0.929. The summed E-state index contributed by atoms with van der Waals surface area (Å²) in [5, 5.41) is 3.07. The van der Waals surface area contributed by atoms with E-state index in [1.165, 1.54) is 6.07 Å². The van der Waals surface area contributed by atoms with Gasteiger partial charge in [0.05, 0.1) is 5.69 Å². The Bertz CT molecular complexity index is 702. The third-order valence-electron chi connectivity index (χ3n) is 4.50. The standard InChI is InChI=1S/C19H23FN4O/c1-23(14-15-5-4-10-21-13-15)19(25)22-16-8-11-24(12-9-16)18-7-3-2-6-17(18)20/h2-7,10,13,16H,8-9,11-12,14H2,1H3,(H,22,25). The maximum absolute atomic E-state index is 13.9. The van der Waals surface area contributed by atoms with Gasteiger partial charge in [-0.1, -0.05) is 18.2 Å². The van der Waals surface area contributed by atoms with Crippen molar-refractivity contribution >= 4 is 11.7 Å². The highest BCUT2D eigenvalue weighted by molar-refractivity contribution is 5.74. The molecule has 6 heteroatoms. The molecule has 2 amide bonds. The minimum Gasteiger partial charge on any atom is -0.369 e. The molecular formula is C19H23FN4O. The van der Waals surface area contributed by atoms with Crippen LogP contribution in [0.1, 0.15) is 18.4 Å². The predicted octanol–water partition coefficient (Wildman–Crippen LogP) is 3.03. The summed E-state index contributed by atoms with van der Waals surface area (Å²) in [6, 6.07) is 10.7. The fourth-order valence-corrected chi connectivity index (χ4v) is 3.10. The van der Waals surface area contributed by atoms with Gasteiger partial charge in [0.1, 0.15) is 5.82 Å². The number of piperidine rings is 1. The van der Waals surface area contributed by atoms with E-state index in [1.807, 2.05) is 23.1 Å². The first kappa shape index (κ1) is 17.2. The lowest BCUT2D eigenvalue weighted by molar-refractivity contribution is 0.200. The van der Waals surface area contributed by atoms with Crippen molar-refractivity contribution < 1.29 is 9.18 Å². The highest BCUT2D eigenvalue weighted by atomic mass is 19.1. The molecule has 1 aliphatic rings. The number of pyridine rings is 1. The highest BCUT2D eigenvalue weighted by Crippen LogP contribution is 2.23. The van der Waals surface area contributed by atoms with Gasteiger partial charge in [0.25, 0.3) is 0 Å². The van der Waals surface area contributed by atoms with Crippen LogP contribution in [0.3, 0.4) is 0 Å². The van der Waals surface area contributed by atoms with Crippen molar-refractivity contribution in [3.8, 4) is 0 Å². The number of carbonyl (C=O) groups excluding carboxylic acids is 1. The molecule has 0 unspecified atom stereocenters. The average Bonchev–Trinajstić information content (AvgIpc) is 2.64. The Balaban J connectivity index is 1.48. The summed E-state index contributed by atoms with van der Waals surface area (Å²) in [5.74, 6) is -0.193. The number of benzene rings is 1. The number of hydrogen-bond donors (Lipinski definition) is 1. The third-order valence-corrected chi connectivity index (χ3v) is 4.50. The molecule has 0 saturated carbocycles. The Kier molecular flexibility index (Phi) is 5.48. The molecule has 1 N–H and O–H groups in total. The lowest BCUT2D eigenvalue weighted by Crippen LogP contribution is -2.48. The summed E-state index contributed by atoms with van der Waals surface area (Å²) < 4.78 is 13.9. The van der Waals surface area contributed by atoms with Gasteiger partial charge in [-0.15, -0.1) is 0 Å². The van der Waals surface area contributed by atoms with Crippen LogP contribution in [0.15, 0.2) is 48.8 Å². The molecule has 0 bridgehead atoms. The Morgan fingerprint density at radius 3 is 2.72 bits per heavy atom. The second-order valence-electron chi connectivity index (χ2n) is 6.38. The number of halogens is 1. The second kappa shape index (κ2) is 7.96. The first-order chi connectivity index (χ1) is 12.1. The summed E-state index contributed by atoms with van der Waals surface area (Å²) in [6.07, 6.45) is 5.09. The zero-order valence-electron chi connectivity index (χ0n) is 14.4. The van der Waals surface area contributed by atoms with Gasteiger partial charge < -0.3 is 15.1 Å². The molecule has 1 saturated heterocycles. The lowest BCUT2D eigenvalue weighted by Gasteiger charge is -2.34. The molecule has 0 radical (unpaired) electrons. The van der Waals surface area contributed by atoms with Gasteiger partial charge in [-0.3, -0.25) is 4.98 Å². The van der Waals surface area contributed by atoms with Crippen LogP contribution in [0, 0.1) is 5.82 Å². The largest absolute Gasteiger partial charge is 0.369 e. The van der Waals surface area contributed by atoms with Crippen LogP contribution in [0.5, 0.6) is 0 Å². The van der Waals surface area contributed by atoms with Gasteiger partial charge in [0.15, 0.2) is 0 Å². The van der Waals surface area contributed by atoms with Crippen molar-refractivity contribution in [2.24, 2.45) is 0 Å². The minimum absolute atomic E-state index is 0.0896. The zero-order chi connectivity index (χ0) is 17.6. The lowest BCUT2D eigenvalue weighted by atomic mass is 10.0. The van der Waals surface area contributed by atoms with E-state index in [4.69, 9.17) is 0 Å².